The van der Waals surface area contributed by atoms with Crippen LogP contribution in [0.25, 0.3) is 0 Å². The van der Waals surface area contributed by atoms with Crippen molar-refractivity contribution in [2.45, 2.75) is 50.7 Å². The number of rotatable bonds is 2. The van der Waals surface area contributed by atoms with Crippen molar-refractivity contribution in [3.8, 4) is 0 Å². The summed E-state index contributed by atoms with van der Waals surface area (Å²) in [5, 5.41) is 19.1. The second-order valence-corrected chi connectivity index (χ2v) is 5.74. The molecule has 1 aliphatic heterocycles. The molecule has 5 heteroatoms. The van der Waals surface area contributed by atoms with Crippen molar-refractivity contribution in [3.63, 3.8) is 0 Å². The highest BCUT2D eigenvalue weighted by Crippen LogP contribution is 2.36. The van der Waals surface area contributed by atoms with Gasteiger partial charge in [-0.05, 0) is 12.8 Å². The van der Waals surface area contributed by atoms with E-state index >= 15 is 0 Å². The van der Waals surface area contributed by atoms with Gasteiger partial charge in [0.15, 0.2) is 0 Å². The van der Waals surface area contributed by atoms with Crippen LogP contribution in [0.3, 0.4) is 0 Å². The van der Waals surface area contributed by atoms with Gasteiger partial charge in [-0.15, -0.1) is 0 Å². The van der Waals surface area contributed by atoms with Gasteiger partial charge in [0.2, 0.25) is 5.91 Å². The Labute approximate surface area is 108 Å². The van der Waals surface area contributed by atoms with Crippen LogP contribution in [0, 0.1) is 5.41 Å². The highest BCUT2D eigenvalue weighted by molar-refractivity contribution is 5.83. The minimum absolute atomic E-state index is 0.0301. The molecule has 0 aromatic heterocycles. The molecule has 2 atom stereocenters. The first-order valence-corrected chi connectivity index (χ1v) is 6.95. The van der Waals surface area contributed by atoms with Crippen LogP contribution >= 0.6 is 0 Å². The van der Waals surface area contributed by atoms with E-state index in [0.29, 0.717) is 6.54 Å². The molecule has 1 saturated carbocycles. The summed E-state index contributed by atoms with van der Waals surface area (Å²) in [4.78, 5) is 14.2. The lowest BCUT2D eigenvalue weighted by molar-refractivity contribution is -0.142. The lowest BCUT2D eigenvalue weighted by atomic mass is 9.79. The molecule has 1 amide bonds. The van der Waals surface area contributed by atoms with Crippen LogP contribution in [0.15, 0.2) is 0 Å². The van der Waals surface area contributed by atoms with Gasteiger partial charge in [0, 0.05) is 19.6 Å². The fraction of sp³-hybridized carbons (Fsp3) is 0.923. The summed E-state index contributed by atoms with van der Waals surface area (Å²) in [6.45, 7) is 0.845. The lowest BCUT2D eigenvalue weighted by Gasteiger charge is -2.34. The molecule has 4 N–H and O–H groups in total. The fourth-order valence-corrected chi connectivity index (χ4v) is 3.18. The second-order valence-electron chi connectivity index (χ2n) is 5.74. The van der Waals surface area contributed by atoms with Gasteiger partial charge in [-0.25, -0.2) is 0 Å². The third kappa shape index (κ3) is 2.53. The van der Waals surface area contributed by atoms with Crippen molar-refractivity contribution < 1.29 is 15.0 Å². The maximum atomic E-state index is 12.6. The SMILES string of the molecule is NCC1(C(=O)N2C[C@@H](O)[C@@H](O)C2)CCCCCC1. The molecule has 1 saturated heterocycles. The number of likely N-dealkylation sites (tertiary alicyclic amines) is 1. The summed E-state index contributed by atoms with van der Waals surface area (Å²) in [6, 6.07) is 0. The van der Waals surface area contributed by atoms with Crippen molar-refractivity contribution in [2.75, 3.05) is 19.6 Å². The van der Waals surface area contributed by atoms with Crippen molar-refractivity contribution in [1.82, 2.24) is 4.90 Å². The van der Waals surface area contributed by atoms with E-state index in [9.17, 15) is 15.0 Å². The topological polar surface area (TPSA) is 86.8 Å². The summed E-state index contributed by atoms with van der Waals surface area (Å²) in [5.74, 6) is 0.0301. The van der Waals surface area contributed by atoms with E-state index < -0.39 is 17.6 Å². The third-order valence-electron chi connectivity index (χ3n) is 4.45. The van der Waals surface area contributed by atoms with Gasteiger partial charge in [0.05, 0.1) is 17.6 Å². The Hall–Kier alpha value is -0.650. The summed E-state index contributed by atoms with van der Waals surface area (Å²) in [5.41, 5.74) is 5.41. The monoisotopic (exact) mass is 256 g/mol. The maximum Gasteiger partial charge on any atom is 0.230 e. The molecule has 0 unspecified atom stereocenters. The van der Waals surface area contributed by atoms with E-state index in [1.165, 1.54) is 12.8 Å². The number of hydrogen-bond donors (Lipinski definition) is 3. The summed E-state index contributed by atoms with van der Waals surface area (Å²) in [7, 11) is 0. The van der Waals surface area contributed by atoms with Gasteiger partial charge >= 0.3 is 0 Å². The standard InChI is InChI=1S/C13H24N2O3/c14-9-13(5-3-1-2-4-6-13)12(18)15-7-10(16)11(17)8-15/h10-11,16-17H,1-9,14H2/t10-,11+. The molecular formula is C13H24N2O3. The number of aliphatic hydroxyl groups is 2. The van der Waals surface area contributed by atoms with Gasteiger partial charge in [0.25, 0.3) is 0 Å². The molecule has 1 heterocycles. The summed E-state index contributed by atoms with van der Waals surface area (Å²) in [6.07, 6.45) is 4.48. The molecular weight excluding hydrogens is 232 g/mol. The van der Waals surface area contributed by atoms with Crippen molar-refractivity contribution in [3.05, 3.63) is 0 Å². The van der Waals surface area contributed by atoms with E-state index in [1.54, 1.807) is 4.90 Å². The Balaban J connectivity index is 2.09. The maximum absolute atomic E-state index is 12.6. The van der Waals surface area contributed by atoms with Gasteiger partial charge < -0.3 is 20.8 Å². The molecule has 2 rings (SSSR count). The van der Waals surface area contributed by atoms with Crippen LogP contribution < -0.4 is 5.73 Å². The minimum atomic E-state index is -0.811. The molecule has 0 bridgehead atoms. The van der Waals surface area contributed by atoms with E-state index in [0.717, 1.165) is 25.7 Å². The fourth-order valence-electron chi connectivity index (χ4n) is 3.18. The van der Waals surface area contributed by atoms with E-state index in [2.05, 4.69) is 0 Å². The summed E-state index contributed by atoms with van der Waals surface area (Å²) >= 11 is 0. The van der Waals surface area contributed by atoms with Crippen LogP contribution in [-0.2, 0) is 4.79 Å². The number of carbonyl (C=O) groups excluding carboxylic acids is 1. The Morgan fingerprint density at radius 1 is 1.11 bits per heavy atom. The normalized spacial score (nSPS) is 32.3. The van der Waals surface area contributed by atoms with Crippen LogP contribution in [0.2, 0.25) is 0 Å². The third-order valence-corrected chi connectivity index (χ3v) is 4.45. The average molecular weight is 256 g/mol. The number of nitrogens with two attached hydrogens (primary N) is 1. The Kier molecular flexibility index (Phi) is 4.25. The number of hydrogen-bond acceptors (Lipinski definition) is 4. The molecule has 0 aromatic carbocycles. The molecule has 104 valence electrons. The molecule has 0 spiro atoms. The van der Waals surface area contributed by atoms with Crippen LogP contribution in [0.5, 0.6) is 0 Å². The second kappa shape index (κ2) is 5.55. The molecule has 2 aliphatic rings. The smallest absolute Gasteiger partial charge is 0.230 e. The predicted molar refractivity (Wildman–Crippen MR) is 67.8 cm³/mol. The zero-order chi connectivity index (χ0) is 13.2. The average Bonchev–Trinajstić information content (AvgIpc) is 2.59. The van der Waals surface area contributed by atoms with Gasteiger partial charge in [-0.3, -0.25) is 4.79 Å². The predicted octanol–water partition coefficient (Wildman–Crippen LogP) is -0.150. The lowest BCUT2D eigenvalue weighted by Crippen LogP contribution is -2.47. The molecule has 18 heavy (non-hydrogen) atoms. The minimum Gasteiger partial charge on any atom is -0.388 e. The van der Waals surface area contributed by atoms with Crippen molar-refractivity contribution in [2.24, 2.45) is 11.1 Å². The zero-order valence-electron chi connectivity index (χ0n) is 10.8. The quantitative estimate of drug-likeness (QED) is 0.600. The molecule has 0 radical (unpaired) electrons. The van der Waals surface area contributed by atoms with E-state index in [4.69, 9.17) is 5.73 Å². The molecule has 0 aromatic rings. The van der Waals surface area contributed by atoms with Crippen LogP contribution in [0.1, 0.15) is 38.5 Å². The van der Waals surface area contributed by atoms with Crippen LogP contribution in [0.4, 0.5) is 0 Å². The van der Waals surface area contributed by atoms with Crippen LogP contribution in [-0.4, -0.2) is 52.9 Å². The molecule has 2 fully saturated rings. The first kappa shape index (κ1) is 13.8. The number of carbonyl (C=O) groups is 1. The summed E-state index contributed by atoms with van der Waals surface area (Å²) < 4.78 is 0. The first-order valence-electron chi connectivity index (χ1n) is 6.95. The molecule has 5 nitrogen and oxygen atoms in total. The largest absolute Gasteiger partial charge is 0.388 e. The highest BCUT2D eigenvalue weighted by Gasteiger charge is 2.43. The molecule has 1 aliphatic carbocycles. The van der Waals surface area contributed by atoms with Gasteiger partial charge in [0.1, 0.15) is 0 Å². The Morgan fingerprint density at radius 2 is 1.61 bits per heavy atom. The van der Waals surface area contributed by atoms with Gasteiger partial charge in [-0.2, -0.15) is 0 Å². The van der Waals surface area contributed by atoms with Crippen molar-refractivity contribution >= 4 is 5.91 Å². The zero-order valence-corrected chi connectivity index (χ0v) is 10.8. The number of amides is 1. The number of aliphatic hydroxyl groups excluding tert-OH is 2. The van der Waals surface area contributed by atoms with Crippen molar-refractivity contribution in [1.29, 1.82) is 0 Å². The van der Waals surface area contributed by atoms with Gasteiger partial charge in [-0.1, -0.05) is 25.7 Å². The first-order chi connectivity index (χ1) is 8.59. The van der Waals surface area contributed by atoms with E-state index in [-0.39, 0.29) is 19.0 Å². The Bertz CT molecular complexity index is 291. The number of β-amino-alcohol motifs (C(OH)–C–C–N with tert-alkyl or cyclic N) is 2. The number of nitrogens with zero attached hydrogens (tertiary/aromatic N) is 1. The highest BCUT2D eigenvalue weighted by atomic mass is 16.3. The Morgan fingerprint density at radius 3 is 2.06 bits per heavy atom. The van der Waals surface area contributed by atoms with E-state index in [1.807, 2.05) is 0 Å².